The molecule has 442 valence electrons. The van der Waals surface area contributed by atoms with E-state index in [4.69, 9.17) is 9.97 Å². The lowest BCUT2D eigenvalue weighted by molar-refractivity contribution is 0.568. The van der Waals surface area contributed by atoms with E-state index in [1.54, 1.807) is 0 Å². The molecule has 0 atom stereocenters. The summed E-state index contributed by atoms with van der Waals surface area (Å²) in [4.78, 5) is 11.6. The summed E-state index contributed by atoms with van der Waals surface area (Å²) < 4.78 is 5.25. The Morgan fingerprint density at radius 2 is 0.604 bits per heavy atom. The second kappa shape index (κ2) is 20.3. The first kappa shape index (κ1) is 56.4. The van der Waals surface area contributed by atoms with Crippen LogP contribution in [0, 0.1) is 0 Å². The highest BCUT2D eigenvalue weighted by Gasteiger charge is 2.42. The first-order valence-electron chi connectivity index (χ1n) is 32.5. The van der Waals surface area contributed by atoms with Crippen molar-refractivity contribution in [1.29, 1.82) is 0 Å². The average molecular weight is 1180 g/mol. The molecule has 3 aromatic heterocycles. The van der Waals surface area contributed by atoms with Gasteiger partial charge in [-0.2, -0.15) is 0 Å². The van der Waals surface area contributed by atoms with Crippen LogP contribution in [0.25, 0.3) is 133 Å². The number of rotatable bonds is 7. The SMILES string of the molecule is CC(C)(C)c1cc(-c2cc(-c3cc4c5c(c3)-n3c6ccc(-c7ccccc7)cc6c6cc(-c7ccccc7)cc(c63)B5c3cc(-c5ccccc5)cc5c6cc(-c7ccccc7)ccc6n-4c35)nc(-c3cc(C(C)(C)C)cc(C(C)(C)C)c3)n2)cc(C(C)(C)C)c1. The Hall–Kier alpha value is -9.84. The number of hydrogen-bond donors (Lipinski definition) is 0. The lowest BCUT2D eigenvalue weighted by Gasteiger charge is -2.34. The van der Waals surface area contributed by atoms with Crippen LogP contribution in [0.1, 0.15) is 105 Å². The molecule has 0 saturated carbocycles. The van der Waals surface area contributed by atoms with Gasteiger partial charge in [-0.15, -0.1) is 0 Å². The third-order valence-corrected chi connectivity index (χ3v) is 19.6. The van der Waals surface area contributed by atoms with Crippen molar-refractivity contribution in [2.75, 3.05) is 0 Å². The predicted octanol–water partition coefficient (Wildman–Crippen LogP) is 20.7. The van der Waals surface area contributed by atoms with Crippen LogP contribution in [-0.4, -0.2) is 25.8 Å². The average Bonchev–Trinajstić information content (AvgIpc) is 1.57. The lowest BCUT2D eigenvalue weighted by atomic mass is 9.34. The molecule has 2 aliphatic heterocycles. The molecule has 5 heterocycles. The van der Waals surface area contributed by atoms with E-state index in [0.717, 1.165) is 39.5 Å². The topological polar surface area (TPSA) is 35.6 Å². The fourth-order valence-corrected chi connectivity index (χ4v) is 14.6. The molecule has 0 amide bonds. The third kappa shape index (κ3) is 9.41. The van der Waals surface area contributed by atoms with E-state index >= 15 is 0 Å². The minimum atomic E-state index is -0.143. The molecule has 0 bridgehead atoms. The van der Waals surface area contributed by atoms with Gasteiger partial charge in [0.1, 0.15) is 0 Å². The number of fused-ring (bicyclic) bond motifs is 10. The molecule has 14 aromatic rings. The largest absolute Gasteiger partial charge is 0.310 e. The van der Waals surface area contributed by atoms with Gasteiger partial charge in [-0.3, -0.25) is 0 Å². The van der Waals surface area contributed by atoms with Gasteiger partial charge in [-0.25, -0.2) is 9.97 Å². The van der Waals surface area contributed by atoms with Crippen LogP contribution >= 0.6 is 0 Å². The summed E-state index contributed by atoms with van der Waals surface area (Å²) in [5.41, 5.74) is 30.2. The number of nitrogens with zero attached hydrogens (tertiary/aromatic N) is 4. The molecule has 0 aliphatic carbocycles. The van der Waals surface area contributed by atoms with E-state index in [1.165, 1.54) is 127 Å². The van der Waals surface area contributed by atoms with E-state index in [9.17, 15) is 0 Å². The smallest absolute Gasteiger partial charge is 0.252 e. The second-order valence-electron chi connectivity index (χ2n) is 29.9. The van der Waals surface area contributed by atoms with Crippen LogP contribution in [0.4, 0.5) is 0 Å². The Labute approximate surface area is 536 Å². The monoisotopic (exact) mass is 1170 g/mol. The molecule has 0 spiro atoms. The molecule has 4 nitrogen and oxygen atoms in total. The Kier molecular flexibility index (Phi) is 12.6. The summed E-state index contributed by atoms with van der Waals surface area (Å²) in [6.07, 6.45) is 0. The van der Waals surface area contributed by atoms with Gasteiger partial charge >= 0.3 is 0 Å². The summed E-state index contributed by atoms with van der Waals surface area (Å²) in [6, 6.07) is 89.6. The van der Waals surface area contributed by atoms with Crippen LogP contribution in [0.3, 0.4) is 0 Å². The summed E-state index contributed by atoms with van der Waals surface area (Å²) in [5, 5.41) is 4.93. The summed E-state index contributed by atoms with van der Waals surface area (Å²) in [7, 11) is 0. The zero-order chi connectivity index (χ0) is 62.6. The molecule has 0 N–H and O–H groups in total. The van der Waals surface area contributed by atoms with Crippen LogP contribution in [0.2, 0.25) is 0 Å². The van der Waals surface area contributed by atoms with Gasteiger partial charge in [-0.1, -0.05) is 241 Å². The van der Waals surface area contributed by atoms with Crippen LogP contribution < -0.4 is 16.4 Å². The standard InChI is InChI=1S/C86H75BN4/c1-83(2,3)63-37-60(38-64(49-63)84(4,5)6)73-51-74(89-82(88-73)62-39-65(85(7,8)9)50-66(40-62)86(10,11)12)61-47-77-79-78(48-61)91-76-36-34-57(53-27-19-14-20-28-53)42-68(76)70-44-59(55-31-23-16-24-32-55)46-72(81(70)91)87(79)71-45-58(54-29-21-15-22-30-54)43-69-67-41-56(52-25-17-13-18-26-52)33-35-75(67)90(77)80(69)71/h13-51H,1-12H3. The molecule has 0 unspecified atom stereocenters. The van der Waals surface area contributed by atoms with Crippen LogP contribution in [0.15, 0.2) is 237 Å². The van der Waals surface area contributed by atoms with Crippen molar-refractivity contribution in [2.24, 2.45) is 0 Å². The van der Waals surface area contributed by atoms with Gasteiger partial charge in [0, 0.05) is 60.6 Å². The van der Waals surface area contributed by atoms with Gasteiger partial charge in [0.25, 0.3) is 6.71 Å². The molecule has 0 saturated heterocycles. The maximum absolute atomic E-state index is 5.89. The van der Waals surface area contributed by atoms with Crippen molar-refractivity contribution >= 4 is 66.7 Å². The van der Waals surface area contributed by atoms with Gasteiger partial charge in [0.05, 0.1) is 22.4 Å². The Balaban J connectivity index is 1.07. The highest BCUT2D eigenvalue weighted by Crippen LogP contribution is 2.46. The van der Waals surface area contributed by atoms with Crippen molar-refractivity contribution in [2.45, 2.75) is 105 Å². The lowest BCUT2D eigenvalue weighted by Crippen LogP contribution is -2.59. The molecule has 0 fully saturated rings. The van der Waals surface area contributed by atoms with Gasteiger partial charge < -0.3 is 9.13 Å². The normalized spacial score (nSPS) is 13.0. The molecule has 5 heteroatoms. The predicted molar refractivity (Wildman–Crippen MR) is 388 cm³/mol. The molecular weight excluding hydrogens is 1100 g/mol. The van der Waals surface area contributed by atoms with E-state index in [1.807, 2.05) is 0 Å². The first-order chi connectivity index (χ1) is 43.6. The van der Waals surface area contributed by atoms with E-state index < -0.39 is 0 Å². The third-order valence-electron chi connectivity index (χ3n) is 19.6. The van der Waals surface area contributed by atoms with Gasteiger partial charge in [-0.05, 0) is 184 Å². The summed E-state index contributed by atoms with van der Waals surface area (Å²) in [5.74, 6) is 0.717. The highest BCUT2D eigenvalue weighted by atomic mass is 15.0. The highest BCUT2D eigenvalue weighted by molar-refractivity contribution is 7.00. The van der Waals surface area contributed by atoms with Gasteiger partial charge in [0.2, 0.25) is 0 Å². The number of hydrogen-bond acceptors (Lipinski definition) is 2. The first-order valence-corrected chi connectivity index (χ1v) is 32.5. The van der Waals surface area contributed by atoms with Crippen LogP contribution in [-0.2, 0) is 21.7 Å². The number of aromatic nitrogens is 4. The maximum Gasteiger partial charge on any atom is 0.252 e. The Morgan fingerprint density at radius 3 is 0.967 bits per heavy atom. The van der Waals surface area contributed by atoms with E-state index in [0.29, 0.717) is 5.82 Å². The van der Waals surface area contributed by atoms with Crippen molar-refractivity contribution in [3.8, 4) is 89.8 Å². The second-order valence-corrected chi connectivity index (χ2v) is 29.9. The molecule has 16 rings (SSSR count). The fourth-order valence-electron chi connectivity index (χ4n) is 14.6. The van der Waals surface area contributed by atoms with E-state index in [2.05, 4.69) is 329 Å². The van der Waals surface area contributed by atoms with Gasteiger partial charge in [0.15, 0.2) is 5.82 Å². The summed E-state index contributed by atoms with van der Waals surface area (Å²) >= 11 is 0. The maximum atomic E-state index is 5.89. The van der Waals surface area contributed by atoms with Crippen molar-refractivity contribution in [1.82, 2.24) is 19.1 Å². The quantitative estimate of drug-likeness (QED) is 0.149. The molecule has 0 radical (unpaired) electrons. The van der Waals surface area contributed by atoms with Crippen LogP contribution in [0.5, 0.6) is 0 Å². The van der Waals surface area contributed by atoms with Crippen molar-refractivity contribution in [3.05, 3.63) is 259 Å². The van der Waals surface area contributed by atoms with Crippen molar-refractivity contribution < 1.29 is 0 Å². The zero-order valence-corrected chi connectivity index (χ0v) is 54.4. The number of benzene rings is 11. The minimum Gasteiger partial charge on any atom is -0.310 e. The molecule has 2 aliphatic rings. The molecule has 91 heavy (non-hydrogen) atoms. The zero-order valence-electron chi connectivity index (χ0n) is 54.4. The Bertz CT molecular complexity index is 4900. The van der Waals surface area contributed by atoms with E-state index in [-0.39, 0.29) is 28.4 Å². The van der Waals surface area contributed by atoms with Crippen molar-refractivity contribution in [3.63, 3.8) is 0 Å². The minimum absolute atomic E-state index is 0.106. The molecule has 11 aromatic carbocycles. The molecular formula is C86H75BN4. The fraction of sp³-hybridized carbons (Fsp3) is 0.186. The summed E-state index contributed by atoms with van der Waals surface area (Å²) in [6.45, 7) is 27.7. The Morgan fingerprint density at radius 1 is 0.275 bits per heavy atom.